The van der Waals surface area contributed by atoms with E-state index in [-0.39, 0.29) is 10.7 Å². The summed E-state index contributed by atoms with van der Waals surface area (Å²) in [6.45, 7) is 5.33. The zero-order valence-electron chi connectivity index (χ0n) is 13.3. The quantitative estimate of drug-likeness (QED) is 0.609. The highest BCUT2D eigenvalue weighted by atomic mass is 32.2. The number of thioether (sulfide) groups is 1. The van der Waals surface area contributed by atoms with Gasteiger partial charge in [0.2, 0.25) is 12.8 Å². The van der Waals surface area contributed by atoms with Crippen molar-refractivity contribution in [3.8, 4) is 5.75 Å². The number of benzene rings is 1. The summed E-state index contributed by atoms with van der Waals surface area (Å²) in [4.78, 5) is 21.1. The Morgan fingerprint density at radius 1 is 1.14 bits per heavy atom. The third-order valence-corrected chi connectivity index (χ3v) is 5.20. The van der Waals surface area contributed by atoms with E-state index in [1.165, 1.54) is 5.56 Å². The number of methoxy groups -OCH3 is 1. The van der Waals surface area contributed by atoms with Gasteiger partial charge in [0.15, 0.2) is 0 Å². The lowest BCUT2D eigenvalue weighted by Gasteiger charge is -2.33. The Morgan fingerprint density at radius 2 is 1.68 bits per heavy atom. The molecule has 5 nitrogen and oxygen atoms in total. The fourth-order valence-corrected chi connectivity index (χ4v) is 3.19. The molecule has 22 heavy (non-hydrogen) atoms. The van der Waals surface area contributed by atoms with Gasteiger partial charge in [-0.3, -0.25) is 9.59 Å². The van der Waals surface area contributed by atoms with Gasteiger partial charge in [0.05, 0.1) is 7.11 Å². The number of amides is 2. The molecular formula is C16H24N2O3S. The summed E-state index contributed by atoms with van der Waals surface area (Å²) in [7, 11) is 1.65. The van der Waals surface area contributed by atoms with Crippen LogP contribution in [0, 0.1) is 5.92 Å². The van der Waals surface area contributed by atoms with Crippen LogP contribution in [0.15, 0.2) is 24.3 Å². The Kier molecular flexibility index (Phi) is 7.80. The standard InChI is InChI=1S/C16H24N2O3S/c1-16(2,14(8-17-11-19)9-18-12-20)22-10-13-4-6-15(21-3)7-5-13/h4-7,11-12,14H,8-10H2,1-3H3,(H,17,19)(H,18,20). The molecule has 0 aliphatic carbocycles. The zero-order chi connectivity index (χ0) is 16.4. The van der Waals surface area contributed by atoms with Crippen LogP contribution in [-0.2, 0) is 15.3 Å². The van der Waals surface area contributed by atoms with Gasteiger partial charge in [-0.25, -0.2) is 0 Å². The van der Waals surface area contributed by atoms with Gasteiger partial charge in [-0.05, 0) is 17.7 Å². The molecule has 0 radical (unpaired) electrons. The van der Waals surface area contributed by atoms with Crippen molar-refractivity contribution in [1.82, 2.24) is 10.6 Å². The smallest absolute Gasteiger partial charge is 0.207 e. The predicted molar refractivity (Wildman–Crippen MR) is 90.0 cm³/mol. The molecule has 0 bridgehead atoms. The second-order valence-corrected chi connectivity index (χ2v) is 7.12. The summed E-state index contributed by atoms with van der Waals surface area (Å²) < 4.78 is 5.06. The second kappa shape index (κ2) is 9.35. The molecule has 0 aliphatic rings. The molecule has 0 aliphatic heterocycles. The van der Waals surface area contributed by atoms with Crippen molar-refractivity contribution in [3.05, 3.63) is 29.8 Å². The van der Waals surface area contributed by atoms with E-state index in [0.29, 0.717) is 25.9 Å². The summed E-state index contributed by atoms with van der Waals surface area (Å²) in [5.41, 5.74) is 1.21. The molecule has 0 saturated carbocycles. The van der Waals surface area contributed by atoms with Crippen LogP contribution in [0.1, 0.15) is 19.4 Å². The van der Waals surface area contributed by atoms with Crippen LogP contribution < -0.4 is 15.4 Å². The number of hydrogen-bond donors (Lipinski definition) is 2. The minimum Gasteiger partial charge on any atom is -0.497 e. The minimum atomic E-state index is -0.0913. The molecular weight excluding hydrogens is 300 g/mol. The number of carbonyl (C=O) groups is 2. The van der Waals surface area contributed by atoms with Crippen molar-refractivity contribution in [2.45, 2.75) is 24.3 Å². The maximum absolute atomic E-state index is 10.5. The molecule has 0 unspecified atom stereocenters. The fourth-order valence-electron chi connectivity index (χ4n) is 2.05. The summed E-state index contributed by atoms with van der Waals surface area (Å²) in [5.74, 6) is 1.85. The molecule has 2 N–H and O–H groups in total. The van der Waals surface area contributed by atoms with Gasteiger partial charge in [-0.2, -0.15) is 11.8 Å². The number of rotatable bonds is 11. The number of nitrogens with one attached hydrogen (secondary N) is 2. The Morgan fingerprint density at radius 3 is 2.14 bits per heavy atom. The predicted octanol–water partition coefficient (Wildman–Crippen LogP) is 1.82. The average Bonchev–Trinajstić information content (AvgIpc) is 2.53. The molecule has 6 heteroatoms. The van der Waals surface area contributed by atoms with Crippen molar-refractivity contribution in [2.24, 2.45) is 5.92 Å². The van der Waals surface area contributed by atoms with Gasteiger partial charge in [0.25, 0.3) is 0 Å². The maximum atomic E-state index is 10.5. The topological polar surface area (TPSA) is 67.4 Å². The Bertz CT molecular complexity index is 451. The van der Waals surface area contributed by atoms with Crippen LogP contribution in [0.4, 0.5) is 0 Å². The van der Waals surface area contributed by atoms with Gasteiger partial charge in [-0.1, -0.05) is 26.0 Å². The molecule has 1 rings (SSSR count). The maximum Gasteiger partial charge on any atom is 0.207 e. The van der Waals surface area contributed by atoms with E-state index in [1.807, 2.05) is 24.3 Å². The Labute approximate surface area is 136 Å². The van der Waals surface area contributed by atoms with E-state index in [2.05, 4.69) is 24.5 Å². The van der Waals surface area contributed by atoms with Crippen molar-refractivity contribution < 1.29 is 14.3 Å². The molecule has 1 aromatic rings. The number of ether oxygens (including phenoxy) is 1. The monoisotopic (exact) mass is 324 g/mol. The lowest BCUT2D eigenvalue weighted by molar-refractivity contribution is -0.109. The van der Waals surface area contributed by atoms with E-state index in [1.54, 1.807) is 18.9 Å². The molecule has 0 atom stereocenters. The SMILES string of the molecule is COc1ccc(CSC(C)(C)C(CNC=O)CNC=O)cc1. The van der Waals surface area contributed by atoms with Gasteiger partial charge in [0.1, 0.15) is 5.75 Å². The third-order valence-electron chi connectivity index (χ3n) is 3.65. The lowest BCUT2D eigenvalue weighted by atomic mass is 9.94. The first-order valence-corrected chi connectivity index (χ1v) is 8.13. The van der Waals surface area contributed by atoms with Gasteiger partial charge in [-0.15, -0.1) is 0 Å². The second-order valence-electron chi connectivity index (χ2n) is 5.49. The largest absolute Gasteiger partial charge is 0.497 e. The molecule has 0 aromatic heterocycles. The summed E-state index contributed by atoms with van der Waals surface area (Å²) in [5, 5.41) is 5.42. The molecule has 0 fully saturated rings. The van der Waals surface area contributed by atoms with E-state index in [4.69, 9.17) is 4.74 Å². The summed E-state index contributed by atoms with van der Waals surface area (Å²) >= 11 is 1.80. The van der Waals surface area contributed by atoms with Crippen LogP contribution in [0.2, 0.25) is 0 Å². The van der Waals surface area contributed by atoms with Crippen molar-refractivity contribution in [1.29, 1.82) is 0 Å². The van der Waals surface area contributed by atoms with E-state index < -0.39 is 0 Å². The van der Waals surface area contributed by atoms with Gasteiger partial charge >= 0.3 is 0 Å². The summed E-state index contributed by atoms with van der Waals surface area (Å²) in [6.07, 6.45) is 1.39. The summed E-state index contributed by atoms with van der Waals surface area (Å²) in [6, 6.07) is 7.99. The number of hydrogen-bond acceptors (Lipinski definition) is 4. The lowest BCUT2D eigenvalue weighted by Crippen LogP contribution is -2.42. The highest BCUT2D eigenvalue weighted by molar-refractivity contribution is 7.99. The molecule has 122 valence electrons. The first-order valence-electron chi connectivity index (χ1n) is 7.14. The van der Waals surface area contributed by atoms with Crippen molar-refractivity contribution >= 4 is 24.6 Å². The minimum absolute atomic E-state index is 0.0913. The first kappa shape index (κ1) is 18.4. The van der Waals surface area contributed by atoms with Crippen LogP contribution >= 0.6 is 11.8 Å². The van der Waals surface area contributed by atoms with E-state index in [0.717, 1.165) is 11.5 Å². The number of carbonyl (C=O) groups excluding carboxylic acids is 2. The van der Waals surface area contributed by atoms with Gasteiger partial charge in [0, 0.05) is 29.5 Å². The van der Waals surface area contributed by atoms with Crippen LogP contribution in [0.25, 0.3) is 0 Å². The molecule has 1 aromatic carbocycles. The van der Waals surface area contributed by atoms with E-state index >= 15 is 0 Å². The Hall–Kier alpha value is -1.69. The van der Waals surface area contributed by atoms with Crippen LogP contribution in [0.3, 0.4) is 0 Å². The van der Waals surface area contributed by atoms with Crippen molar-refractivity contribution in [2.75, 3.05) is 20.2 Å². The van der Waals surface area contributed by atoms with Crippen LogP contribution in [-0.4, -0.2) is 37.8 Å². The highest BCUT2D eigenvalue weighted by Gasteiger charge is 2.29. The van der Waals surface area contributed by atoms with Crippen LogP contribution in [0.5, 0.6) is 5.75 Å². The normalized spacial score (nSPS) is 11.1. The third kappa shape index (κ3) is 5.97. The molecule has 0 spiro atoms. The average molecular weight is 324 g/mol. The van der Waals surface area contributed by atoms with Crippen molar-refractivity contribution in [3.63, 3.8) is 0 Å². The highest BCUT2D eigenvalue weighted by Crippen LogP contribution is 2.34. The fraction of sp³-hybridized carbons (Fsp3) is 0.500. The molecule has 0 heterocycles. The molecule has 0 saturated heterocycles. The Balaban J connectivity index is 2.63. The first-order chi connectivity index (χ1) is 10.5. The van der Waals surface area contributed by atoms with Gasteiger partial charge < -0.3 is 15.4 Å². The molecule has 2 amide bonds. The van der Waals surface area contributed by atoms with E-state index in [9.17, 15) is 9.59 Å². The zero-order valence-corrected chi connectivity index (χ0v) is 14.1.